The van der Waals surface area contributed by atoms with Crippen molar-refractivity contribution in [1.82, 2.24) is 8.75 Å². The standard InChI is InChI=1S/C16H13N3O5S2/c20-13(7-8-15(21)22)10-3-1-4-11(9-10)19-26(23,24)14-6-2-5-12-16(14)18-25-17-12/h1-6,9,19H,7-8H2,(H,21,22). The van der Waals surface area contributed by atoms with E-state index in [9.17, 15) is 18.0 Å². The van der Waals surface area contributed by atoms with Crippen molar-refractivity contribution in [3.8, 4) is 0 Å². The Labute approximate surface area is 152 Å². The summed E-state index contributed by atoms with van der Waals surface area (Å²) >= 11 is 0.919. The van der Waals surface area contributed by atoms with Gasteiger partial charge in [-0.15, -0.1) is 0 Å². The summed E-state index contributed by atoms with van der Waals surface area (Å²) in [7, 11) is -3.93. The zero-order valence-corrected chi connectivity index (χ0v) is 14.9. The summed E-state index contributed by atoms with van der Waals surface area (Å²) in [6.07, 6.45) is -0.442. The number of anilines is 1. The van der Waals surface area contributed by atoms with Crippen molar-refractivity contribution >= 4 is 50.2 Å². The number of carbonyl (C=O) groups is 2. The number of hydrogen-bond acceptors (Lipinski definition) is 7. The summed E-state index contributed by atoms with van der Waals surface area (Å²) in [6, 6.07) is 10.6. The third-order valence-corrected chi connectivity index (χ3v) is 5.50. The highest BCUT2D eigenvalue weighted by Crippen LogP contribution is 2.24. The van der Waals surface area contributed by atoms with Crippen molar-refractivity contribution in [3.05, 3.63) is 48.0 Å². The van der Waals surface area contributed by atoms with Crippen LogP contribution in [0.15, 0.2) is 47.4 Å². The van der Waals surface area contributed by atoms with E-state index in [1.165, 1.54) is 30.3 Å². The number of carboxylic acids is 1. The Bertz CT molecular complexity index is 1090. The van der Waals surface area contributed by atoms with Crippen LogP contribution in [0.3, 0.4) is 0 Å². The predicted molar refractivity (Wildman–Crippen MR) is 95.9 cm³/mol. The molecular weight excluding hydrogens is 378 g/mol. The Hall–Kier alpha value is -2.85. The van der Waals surface area contributed by atoms with Gasteiger partial charge in [0.1, 0.15) is 15.9 Å². The molecule has 3 rings (SSSR count). The minimum absolute atomic E-state index is 0.00800. The van der Waals surface area contributed by atoms with E-state index in [4.69, 9.17) is 5.11 Å². The van der Waals surface area contributed by atoms with E-state index >= 15 is 0 Å². The van der Waals surface area contributed by atoms with Gasteiger partial charge in [-0.2, -0.15) is 8.75 Å². The number of aliphatic carboxylic acids is 1. The number of aromatic nitrogens is 2. The number of carbonyl (C=O) groups excluding carboxylic acids is 1. The topological polar surface area (TPSA) is 126 Å². The largest absolute Gasteiger partial charge is 0.481 e. The van der Waals surface area contributed by atoms with Crippen LogP contribution < -0.4 is 4.72 Å². The SMILES string of the molecule is O=C(O)CCC(=O)c1cccc(NS(=O)(=O)c2cccc3nsnc23)c1. The number of nitrogens with one attached hydrogen (secondary N) is 1. The first-order chi connectivity index (χ1) is 12.4. The summed E-state index contributed by atoms with van der Waals surface area (Å²) in [6.45, 7) is 0. The fourth-order valence-corrected chi connectivity index (χ4v) is 4.15. The van der Waals surface area contributed by atoms with Gasteiger partial charge in [0.2, 0.25) is 0 Å². The predicted octanol–water partition coefficient (Wildman–Crippen LogP) is 2.54. The molecule has 0 bridgehead atoms. The normalized spacial score (nSPS) is 11.4. The molecule has 0 radical (unpaired) electrons. The lowest BCUT2D eigenvalue weighted by Crippen LogP contribution is -2.14. The van der Waals surface area contributed by atoms with E-state index in [0.29, 0.717) is 5.52 Å². The lowest BCUT2D eigenvalue weighted by atomic mass is 10.1. The minimum Gasteiger partial charge on any atom is -0.481 e. The summed E-state index contributed by atoms with van der Waals surface area (Å²) in [5.74, 6) is -1.44. The maximum atomic E-state index is 12.7. The lowest BCUT2D eigenvalue weighted by Gasteiger charge is -2.09. The molecule has 0 aliphatic rings. The van der Waals surface area contributed by atoms with Crippen LogP contribution in [0.25, 0.3) is 11.0 Å². The molecule has 0 aliphatic heterocycles. The molecule has 0 atom stereocenters. The van der Waals surface area contributed by atoms with Crippen LogP contribution in [0.1, 0.15) is 23.2 Å². The van der Waals surface area contributed by atoms with Gasteiger partial charge in [0.05, 0.1) is 18.1 Å². The van der Waals surface area contributed by atoms with Gasteiger partial charge in [0.25, 0.3) is 10.0 Å². The number of hydrogen-bond donors (Lipinski definition) is 2. The molecule has 2 N–H and O–H groups in total. The van der Waals surface area contributed by atoms with Gasteiger partial charge in [-0.3, -0.25) is 14.3 Å². The quantitative estimate of drug-likeness (QED) is 0.593. The van der Waals surface area contributed by atoms with Crippen LogP contribution in [0.2, 0.25) is 0 Å². The zero-order valence-electron chi connectivity index (χ0n) is 13.2. The fraction of sp³-hybridized carbons (Fsp3) is 0.125. The van der Waals surface area contributed by atoms with Gasteiger partial charge >= 0.3 is 5.97 Å². The van der Waals surface area contributed by atoms with Crippen LogP contribution in [-0.2, 0) is 14.8 Å². The molecule has 0 saturated heterocycles. The van der Waals surface area contributed by atoms with Crippen molar-refractivity contribution in [2.24, 2.45) is 0 Å². The Balaban J connectivity index is 1.86. The van der Waals surface area contributed by atoms with Crippen LogP contribution in [0, 0.1) is 0 Å². The lowest BCUT2D eigenvalue weighted by molar-refractivity contribution is -0.136. The molecule has 0 amide bonds. The number of benzene rings is 2. The molecule has 0 aliphatic carbocycles. The highest BCUT2D eigenvalue weighted by molar-refractivity contribution is 7.93. The highest BCUT2D eigenvalue weighted by atomic mass is 32.2. The monoisotopic (exact) mass is 391 g/mol. The molecular formula is C16H13N3O5S2. The number of carboxylic acid groups (broad SMARTS) is 1. The molecule has 2 aromatic carbocycles. The van der Waals surface area contributed by atoms with Crippen molar-refractivity contribution in [1.29, 1.82) is 0 Å². The molecule has 26 heavy (non-hydrogen) atoms. The second-order valence-electron chi connectivity index (χ2n) is 5.39. The van der Waals surface area contributed by atoms with Crippen molar-refractivity contribution < 1.29 is 23.1 Å². The Kier molecular flexibility index (Phi) is 4.96. The summed E-state index contributed by atoms with van der Waals surface area (Å²) in [5, 5.41) is 8.66. The van der Waals surface area contributed by atoms with Gasteiger partial charge in [-0.1, -0.05) is 18.2 Å². The number of nitrogens with zero attached hydrogens (tertiary/aromatic N) is 2. The third kappa shape index (κ3) is 3.86. The Morgan fingerprint density at radius 3 is 2.62 bits per heavy atom. The van der Waals surface area contributed by atoms with Crippen molar-refractivity contribution in [2.45, 2.75) is 17.7 Å². The number of Topliss-reactive ketones (excluding diaryl/α,β-unsaturated/α-hetero) is 1. The Morgan fingerprint density at radius 1 is 1.08 bits per heavy atom. The maximum Gasteiger partial charge on any atom is 0.303 e. The molecule has 10 heteroatoms. The van der Waals surface area contributed by atoms with E-state index < -0.39 is 16.0 Å². The molecule has 0 saturated carbocycles. The molecule has 0 spiro atoms. The molecule has 0 fully saturated rings. The van der Waals surface area contributed by atoms with Gasteiger partial charge in [-0.25, -0.2) is 8.42 Å². The van der Waals surface area contributed by atoms with E-state index in [0.717, 1.165) is 11.7 Å². The van der Waals surface area contributed by atoms with Crippen molar-refractivity contribution in [2.75, 3.05) is 4.72 Å². The molecule has 3 aromatic rings. The number of fused-ring (bicyclic) bond motifs is 1. The van der Waals surface area contributed by atoms with Gasteiger partial charge in [0.15, 0.2) is 5.78 Å². The second kappa shape index (κ2) is 7.18. The average Bonchev–Trinajstić information content (AvgIpc) is 3.08. The van der Waals surface area contributed by atoms with Gasteiger partial charge in [-0.05, 0) is 24.3 Å². The first kappa shape index (κ1) is 18.0. The second-order valence-corrected chi connectivity index (χ2v) is 7.57. The molecule has 1 aromatic heterocycles. The summed E-state index contributed by atoms with van der Waals surface area (Å²) in [4.78, 5) is 22.6. The van der Waals surface area contributed by atoms with Crippen LogP contribution in [0.5, 0.6) is 0 Å². The Morgan fingerprint density at radius 2 is 1.85 bits per heavy atom. The van der Waals surface area contributed by atoms with Crippen LogP contribution in [0.4, 0.5) is 5.69 Å². The fourth-order valence-electron chi connectivity index (χ4n) is 2.33. The number of sulfonamides is 1. The molecule has 8 nitrogen and oxygen atoms in total. The first-order valence-corrected chi connectivity index (χ1v) is 9.67. The van der Waals surface area contributed by atoms with Crippen molar-refractivity contribution in [3.63, 3.8) is 0 Å². The van der Waals surface area contributed by atoms with E-state index in [2.05, 4.69) is 13.5 Å². The number of ketones is 1. The smallest absolute Gasteiger partial charge is 0.303 e. The van der Waals surface area contributed by atoms with Gasteiger partial charge in [0, 0.05) is 17.7 Å². The minimum atomic E-state index is -3.93. The van der Waals surface area contributed by atoms with Crippen LogP contribution >= 0.6 is 11.7 Å². The third-order valence-electron chi connectivity index (χ3n) is 3.54. The highest BCUT2D eigenvalue weighted by Gasteiger charge is 2.20. The first-order valence-electron chi connectivity index (χ1n) is 7.46. The van der Waals surface area contributed by atoms with E-state index in [-0.39, 0.29) is 40.3 Å². The van der Waals surface area contributed by atoms with Crippen LogP contribution in [-0.4, -0.2) is 34.0 Å². The molecule has 1 heterocycles. The summed E-state index contributed by atoms with van der Waals surface area (Å²) in [5.41, 5.74) is 1.19. The molecule has 0 unspecified atom stereocenters. The zero-order chi connectivity index (χ0) is 18.7. The van der Waals surface area contributed by atoms with E-state index in [1.807, 2.05) is 0 Å². The molecule has 134 valence electrons. The van der Waals surface area contributed by atoms with Gasteiger partial charge < -0.3 is 5.11 Å². The maximum absolute atomic E-state index is 12.7. The summed E-state index contributed by atoms with van der Waals surface area (Å²) < 4.78 is 35.8. The number of rotatable bonds is 7. The average molecular weight is 391 g/mol. The van der Waals surface area contributed by atoms with E-state index in [1.54, 1.807) is 12.1 Å².